The molecule has 6 rings (SSSR count). The lowest BCUT2D eigenvalue weighted by Crippen LogP contribution is -2.71. The Morgan fingerprint density at radius 2 is 1.51 bits per heavy atom. The topological polar surface area (TPSA) is 118 Å². The number of fused-ring (bicyclic) bond motifs is 1. The van der Waals surface area contributed by atoms with Crippen molar-refractivity contribution in [1.82, 2.24) is 15.2 Å². The number of para-hydroxylation sites is 1. The third kappa shape index (κ3) is 8.63. The van der Waals surface area contributed by atoms with Crippen molar-refractivity contribution in [2.45, 2.75) is 49.6 Å². The molecule has 0 saturated carbocycles. The van der Waals surface area contributed by atoms with Crippen LogP contribution in [-0.2, 0) is 29.6 Å². The standard InChI is InChI=1S/C39H38N4O6S2/c1-39(2,3)49-38(47)42(29-17-11-6-12-18-29)23-31(44)41-32-35(45)43-33(30(25-51-36(32)43)50-24-26-19-21-40-22-20-26)37(46)48-34(27-13-7-4-8-14-27)28-15-9-5-10-16-28/h4-22,32,34,36H,23-25H2,1-3H3,(H,41,44)/t32-,36-/m1/s1. The maximum Gasteiger partial charge on any atom is 0.415 e. The molecule has 3 heterocycles. The number of carbonyl (C=O) groups is 4. The van der Waals surface area contributed by atoms with E-state index in [0.717, 1.165) is 16.7 Å². The summed E-state index contributed by atoms with van der Waals surface area (Å²) in [4.78, 5) is 62.3. The van der Waals surface area contributed by atoms with Gasteiger partial charge >= 0.3 is 12.1 Å². The Hall–Kier alpha value is -5.07. The van der Waals surface area contributed by atoms with E-state index in [9.17, 15) is 19.2 Å². The molecule has 3 amide bonds. The van der Waals surface area contributed by atoms with Gasteiger partial charge in [0, 0.05) is 34.5 Å². The summed E-state index contributed by atoms with van der Waals surface area (Å²) in [5, 5.41) is 2.27. The summed E-state index contributed by atoms with van der Waals surface area (Å²) in [6.07, 6.45) is 2.02. The van der Waals surface area contributed by atoms with Crippen LogP contribution in [0.1, 0.15) is 43.6 Å². The van der Waals surface area contributed by atoms with Crippen molar-refractivity contribution in [2.24, 2.45) is 0 Å². The molecule has 0 aliphatic carbocycles. The van der Waals surface area contributed by atoms with E-state index < -0.39 is 47.0 Å². The van der Waals surface area contributed by atoms with E-state index in [-0.39, 0.29) is 12.2 Å². The van der Waals surface area contributed by atoms with Gasteiger partial charge in [-0.3, -0.25) is 24.4 Å². The number of esters is 1. The molecule has 0 bridgehead atoms. The summed E-state index contributed by atoms with van der Waals surface area (Å²) >= 11 is 2.93. The second kappa shape index (κ2) is 15.9. The van der Waals surface area contributed by atoms with Crippen LogP contribution >= 0.6 is 23.5 Å². The number of hydrogen-bond acceptors (Lipinski definition) is 9. The highest BCUT2D eigenvalue weighted by Crippen LogP contribution is 2.45. The van der Waals surface area contributed by atoms with E-state index in [1.807, 2.05) is 72.8 Å². The van der Waals surface area contributed by atoms with E-state index in [2.05, 4.69) is 10.3 Å². The minimum Gasteiger partial charge on any atom is -0.448 e. The number of thioether (sulfide) groups is 2. The molecular formula is C39H38N4O6S2. The molecule has 2 aliphatic rings. The molecule has 1 fully saturated rings. The molecule has 0 unspecified atom stereocenters. The van der Waals surface area contributed by atoms with Crippen LogP contribution in [0, 0.1) is 0 Å². The van der Waals surface area contributed by atoms with Crippen LogP contribution < -0.4 is 10.2 Å². The van der Waals surface area contributed by atoms with Gasteiger partial charge in [-0.2, -0.15) is 0 Å². The molecule has 2 aliphatic heterocycles. The normalized spacial score (nSPS) is 16.9. The fraction of sp³-hybridized carbons (Fsp3) is 0.256. The summed E-state index contributed by atoms with van der Waals surface area (Å²) in [5.74, 6) is -0.621. The average molecular weight is 723 g/mol. The Morgan fingerprint density at radius 1 is 0.922 bits per heavy atom. The smallest absolute Gasteiger partial charge is 0.415 e. The molecule has 3 aromatic carbocycles. The zero-order valence-corrected chi connectivity index (χ0v) is 30.1. The predicted octanol–water partition coefficient (Wildman–Crippen LogP) is 6.70. The lowest BCUT2D eigenvalue weighted by molar-refractivity contribution is -0.154. The van der Waals surface area contributed by atoms with Gasteiger partial charge in [-0.25, -0.2) is 9.59 Å². The highest BCUT2D eigenvalue weighted by molar-refractivity contribution is 8.05. The number of ether oxygens (including phenoxy) is 2. The SMILES string of the molecule is CC(C)(C)OC(=O)N(CC(=O)N[C@@H]1C(=O)N2C(C(=O)OC(c3ccccc3)c3ccccc3)=C(SCc3ccncc3)CS[C@H]12)c1ccccc1. The Labute approximate surface area is 305 Å². The first-order chi connectivity index (χ1) is 24.6. The van der Waals surface area contributed by atoms with Crippen LogP contribution in [0.5, 0.6) is 0 Å². The molecule has 12 heteroatoms. The fourth-order valence-electron chi connectivity index (χ4n) is 5.64. The molecule has 1 saturated heterocycles. The van der Waals surface area contributed by atoms with Crippen LogP contribution in [0.4, 0.5) is 10.5 Å². The van der Waals surface area contributed by atoms with Gasteiger partial charge in [-0.05, 0) is 61.7 Å². The van der Waals surface area contributed by atoms with Crippen LogP contribution in [0.15, 0.2) is 126 Å². The molecule has 2 atom stereocenters. The lowest BCUT2D eigenvalue weighted by atomic mass is 10.0. The Kier molecular flexibility index (Phi) is 11.1. The predicted molar refractivity (Wildman–Crippen MR) is 198 cm³/mol. The summed E-state index contributed by atoms with van der Waals surface area (Å²) in [5.41, 5.74) is 2.46. The van der Waals surface area contributed by atoms with E-state index in [1.165, 1.54) is 33.3 Å². The van der Waals surface area contributed by atoms with Crippen LogP contribution in [-0.4, -0.2) is 63.1 Å². The van der Waals surface area contributed by atoms with Crippen molar-refractivity contribution in [3.8, 4) is 0 Å². The van der Waals surface area contributed by atoms with Gasteiger partial charge < -0.3 is 14.8 Å². The summed E-state index contributed by atoms with van der Waals surface area (Å²) in [6.45, 7) is 4.88. The third-order valence-electron chi connectivity index (χ3n) is 8.02. The number of nitrogens with one attached hydrogen (secondary N) is 1. The molecule has 1 aromatic heterocycles. The number of anilines is 1. The van der Waals surface area contributed by atoms with Crippen molar-refractivity contribution in [2.75, 3.05) is 17.2 Å². The van der Waals surface area contributed by atoms with Crippen molar-refractivity contribution < 1.29 is 28.7 Å². The quantitative estimate of drug-likeness (QED) is 0.133. The molecule has 4 aromatic rings. The fourth-order valence-corrected chi connectivity index (χ4v) is 8.22. The number of rotatable bonds is 11. The highest BCUT2D eigenvalue weighted by atomic mass is 32.2. The van der Waals surface area contributed by atoms with E-state index in [4.69, 9.17) is 9.47 Å². The third-order valence-corrected chi connectivity index (χ3v) is 10.6. The first-order valence-corrected chi connectivity index (χ1v) is 18.5. The zero-order chi connectivity index (χ0) is 36.0. The summed E-state index contributed by atoms with van der Waals surface area (Å²) in [6, 6.07) is 30.5. The average Bonchev–Trinajstić information content (AvgIpc) is 3.14. The lowest BCUT2D eigenvalue weighted by Gasteiger charge is -2.49. The van der Waals surface area contributed by atoms with Crippen molar-refractivity contribution in [3.63, 3.8) is 0 Å². The number of aromatic nitrogens is 1. The van der Waals surface area contributed by atoms with Crippen LogP contribution in [0.3, 0.4) is 0 Å². The van der Waals surface area contributed by atoms with E-state index >= 15 is 0 Å². The molecule has 10 nitrogen and oxygen atoms in total. The number of β-lactam (4-membered cyclic amide) rings is 1. The van der Waals surface area contributed by atoms with Crippen LogP contribution in [0.2, 0.25) is 0 Å². The minimum absolute atomic E-state index is 0.171. The minimum atomic E-state index is -0.910. The number of benzene rings is 3. The van der Waals surface area contributed by atoms with Gasteiger partial charge in [-0.15, -0.1) is 23.5 Å². The monoisotopic (exact) mass is 722 g/mol. The van der Waals surface area contributed by atoms with Crippen molar-refractivity contribution in [1.29, 1.82) is 0 Å². The van der Waals surface area contributed by atoms with E-state index in [0.29, 0.717) is 22.1 Å². The van der Waals surface area contributed by atoms with Gasteiger partial charge in [0.1, 0.15) is 29.3 Å². The van der Waals surface area contributed by atoms with Crippen LogP contribution in [0.25, 0.3) is 0 Å². The Bertz CT molecular complexity index is 1850. The number of hydrogen-bond donors (Lipinski definition) is 1. The Balaban J connectivity index is 1.24. The largest absolute Gasteiger partial charge is 0.448 e. The Morgan fingerprint density at radius 3 is 2.10 bits per heavy atom. The molecule has 1 N–H and O–H groups in total. The maximum atomic E-state index is 14.3. The first-order valence-electron chi connectivity index (χ1n) is 16.4. The molecule has 0 spiro atoms. The maximum absolute atomic E-state index is 14.3. The van der Waals surface area contributed by atoms with Gasteiger partial charge in [0.2, 0.25) is 5.91 Å². The molecular weight excluding hydrogens is 685 g/mol. The number of pyridine rings is 1. The second-order valence-electron chi connectivity index (χ2n) is 12.9. The highest BCUT2D eigenvalue weighted by Gasteiger charge is 2.55. The van der Waals surface area contributed by atoms with Crippen molar-refractivity contribution in [3.05, 3.63) is 143 Å². The molecule has 51 heavy (non-hydrogen) atoms. The summed E-state index contributed by atoms with van der Waals surface area (Å²) < 4.78 is 11.8. The van der Waals surface area contributed by atoms with Crippen molar-refractivity contribution >= 4 is 53.1 Å². The molecule has 0 radical (unpaired) electrons. The van der Waals surface area contributed by atoms with Gasteiger partial charge in [0.15, 0.2) is 6.10 Å². The number of carbonyl (C=O) groups excluding carboxylic acids is 4. The van der Waals surface area contributed by atoms with Gasteiger partial charge in [0.05, 0.1) is 0 Å². The number of nitrogens with zero attached hydrogens (tertiary/aromatic N) is 3. The van der Waals surface area contributed by atoms with Gasteiger partial charge in [0.25, 0.3) is 5.91 Å². The number of amides is 3. The zero-order valence-electron chi connectivity index (χ0n) is 28.4. The first kappa shape index (κ1) is 35.7. The second-order valence-corrected chi connectivity index (χ2v) is 15.1. The molecule has 262 valence electrons. The van der Waals surface area contributed by atoms with Gasteiger partial charge in [-0.1, -0.05) is 78.9 Å². The summed E-state index contributed by atoms with van der Waals surface area (Å²) in [7, 11) is 0. The van der Waals surface area contributed by atoms with E-state index in [1.54, 1.807) is 63.5 Å².